The highest BCUT2D eigenvalue weighted by molar-refractivity contribution is 7.97. The van der Waals surface area contributed by atoms with Gasteiger partial charge in [0.1, 0.15) is 35.2 Å². The third-order valence-corrected chi connectivity index (χ3v) is 11.0. The zero-order chi connectivity index (χ0) is 47.0. The van der Waals surface area contributed by atoms with Gasteiger partial charge >= 0.3 is 6.03 Å². The van der Waals surface area contributed by atoms with E-state index in [0.717, 1.165) is 5.56 Å². The Labute approximate surface area is 371 Å². The molecule has 0 aliphatic rings. The van der Waals surface area contributed by atoms with Gasteiger partial charge in [-0.25, -0.2) is 41.5 Å². The lowest BCUT2D eigenvalue weighted by Crippen LogP contribution is -2.35. The molecule has 6 rings (SSSR count). The van der Waals surface area contributed by atoms with E-state index in [0.29, 0.717) is 50.4 Å². The molecule has 6 aromatic rings. The summed E-state index contributed by atoms with van der Waals surface area (Å²) in [6.07, 6.45) is 4.37. The summed E-state index contributed by atoms with van der Waals surface area (Å²) >= 11 is 0. The van der Waals surface area contributed by atoms with Crippen LogP contribution in [-0.4, -0.2) is 40.6 Å². The Bertz CT molecular complexity index is 2970. The van der Waals surface area contributed by atoms with Crippen LogP contribution in [0.15, 0.2) is 127 Å². The maximum atomic E-state index is 14.4. The lowest BCUT2D eigenvalue weighted by atomic mass is 9.94. The number of carbonyl (C=O) groups is 1. The number of hydrogen-bond acceptors (Lipinski definition) is 10. The molecule has 0 spiro atoms. The summed E-state index contributed by atoms with van der Waals surface area (Å²) in [4.78, 5) is 34.8. The monoisotopic (exact) mass is 902 g/mol. The van der Waals surface area contributed by atoms with Crippen LogP contribution in [0.5, 0.6) is 0 Å². The normalized spacial score (nSPS) is 11.5. The number of aromatic nitrogens is 2. The fourth-order valence-electron chi connectivity index (χ4n) is 6.19. The first-order chi connectivity index (χ1) is 30.3. The first-order valence-electron chi connectivity index (χ1n) is 19.3. The lowest BCUT2D eigenvalue weighted by Gasteiger charge is -2.19. The van der Waals surface area contributed by atoms with E-state index >= 15 is 0 Å². The van der Waals surface area contributed by atoms with E-state index in [4.69, 9.17) is 15.7 Å². The van der Waals surface area contributed by atoms with Crippen molar-refractivity contribution < 1.29 is 31.0 Å². The molecule has 2 heterocycles. The molecule has 328 valence electrons. The van der Waals surface area contributed by atoms with Gasteiger partial charge < -0.3 is 5.32 Å². The average Bonchev–Trinajstić information content (AvgIpc) is 3.24. The number of halogens is 2. The topological polar surface area (TPSA) is 221 Å². The van der Waals surface area contributed by atoms with E-state index < -0.39 is 37.4 Å². The number of rotatable bonds is 11. The van der Waals surface area contributed by atoms with Gasteiger partial charge in [0.25, 0.3) is 0 Å². The second-order valence-electron chi connectivity index (χ2n) is 14.7. The number of isocyanates is 1. The predicted molar refractivity (Wildman–Crippen MR) is 245 cm³/mol. The molecule has 2 amide bonds. The van der Waals surface area contributed by atoms with Crippen molar-refractivity contribution in [3.8, 4) is 34.4 Å². The molecule has 0 radical (unpaired) electrons. The maximum Gasteiger partial charge on any atom is 0.332 e. The van der Waals surface area contributed by atoms with Crippen LogP contribution in [0, 0.1) is 34.3 Å². The number of anilines is 1. The standard InChI is InChI=1S/C23H21FN4O3S.C16H12FN3O.C8H11NOS/c1-15(2)20-11-18(24)12-21(17-8-9-26-19(10-17)13-25)22(20)27-23(29)28-32(30,31)14-16-6-4-3-5-7-16;1-10(2)14-6-12(17)7-15(16(14)20-9-21)11-3-4-19-13(5-11)8-18;1-11(9,10)7-8-5-3-2-4-6-8/h3-12,15H,14H2,1-2H3,(H2,27,28,29);3-7,10H,1-2H3;2-6H,1,7H2,(H2,9,10). The zero-order valence-corrected chi connectivity index (χ0v) is 36.9. The Morgan fingerprint density at radius 2 is 1.20 bits per heavy atom. The summed E-state index contributed by atoms with van der Waals surface area (Å²) in [6.45, 7) is 7.41. The SMILES string of the molecule is C=S(N)(=O)Cc1ccccc1.CC(C)c1cc(F)cc(-c2ccnc(C#N)c2)c1N=C=O.CC(C)c1cc(F)cc(-c2ccnc(C#N)c2)c1NC(=O)NS(=O)(=O)Cc1ccccc1. The van der Waals surface area contributed by atoms with Crippen molar-refractivity contribution in [2.45, 2.75) is 51.0 Å². The van der Waals surface area contributed by atoms with Crippen LogP contribution in [0.3, 0.4) is 0 Å². The van der Waals surface area contributed by atoms with Crippen molar-refractivity contribution >= 4 is 49.1 Å². The van der Waals surface area contributed by atoms with Crippen molar-refractivity contribution in [3.05, 3.63) is 167 Å². The summed E-state index contributed by atoms with van der Waals surface area (Å²) in [6, 6.07) is 32.2. The minimum atomic E-state index is -3.97. The molecule has 2 aromatic heterocycles. The van der Waals surface area contributed by atoms with Crippen molar-refractivity contribution in [3.63, 3.8) is 0 Å². The van der Waals surface area contributed by atoms with Crippen LogP contribution in [0.1, 0.15) is 73.2 Å². The summed E-state index contributed by atoms with van der Waals surface area (Å²) in [7, 11) is -6.35. The fraction of sp³-hybridized carbons (Fsp3) is 0.170. The number of hydrogen-bond donors (Lipinski definition) is 3. The van der Waals surface area contributed by atoms with Crippen LogP contribution in [-0.2, 0) is 36.0 Å². The number of carbonyl (C=O) groups excluding carboxylic acids is 2. The summed E-state index contributed by atoms with van der Waals surface area (Å²) in [5.74, 6) is 2.21. The molecular weight excluding hydrogens is 859 g/mol. The number of urea groups is 1. The Kier molecular flexibility index (Phi) is 17.4. The van der Waals surface area contributed by atoms with Crippen molar-refractivity contribution in [2.75, 3.05) is 5.32 Å². The van der Waals surface area contributed by atoms with Gasteiger partial charge in [-0.1, -0.05) is 88.4 Å². The number of pyridine rings is 2. The largest absolute Gasteiger partial charge is 0.332 e. The molecule has 17 heteroatoms. The second-order valence-corrected chi connectivity index (χ2v) is 18.5. The predicted octanol–water partition coefficient (Wildman–Crippen LogP) is 9.16. The van der Waals surface area contributed by atoms with Gasteiger partial charge in [-0.15, -0.1) is 0 Å². The number of aliphatic imine (C=N–C) groups is 1. The first-order valence-corrected chi connectivity index (χ1v) is 22.9. The molecule has 0 saturated heterocycles. The second kappa shape index (κ2) is 22.6. The minimum Gasteiger partial charge on any atom is -0.306 e. The van der Waals surface area contributed by atoms with Crippen LogP contribution in [0.4, 0.5) is 25.0 Å². The molecule has 0 fully saturated rings. The number of nitrogens with two attached hydrogens (primary N) is 1. The Hall–Kier alpha value is -7.40. The molecule has 0 saturated carbocycles. The van der Waals surface area contributed by atoms with Gasteiger partial charge in [-0.3, -0.25) is 9.35 Å². The molecule has 1 atom stereocenters. The summed E-state index contributed by atoms with van der Waals surface area (Å²) in [5.41, 5.74) is 5.34. The van der Waals surface area contributed by atoms with Crippen LogP contribution in [0.25, 0.3) is 22.3 Å². The van der Waals surface area contributed by atoms with E-state index in [9.17, 15) is 31.0 Å². The van der Waals surface area contributed by atoms with Gasteiger partial charge in [-0.05, 0) is 99.6 Å². The van der Waals surface area contributed by atoms with Crippen LogP contribution in [0.2, 0.25) is 0 Å². The van der Waals surface area contributed by atoms with Crippen molar-refractivity contribution in [2.24, 2.45) is 10.1 Å². The number of benzene rings is 4. The van der Waals surface area contributed by atoms with Gasteiger partial charge in [0.05, 0.1) is 22.9 Å². The van der Waals surface area contributed by atoms with E-state index in [1.165, 1.54) is 54.9 Å². The summed E-state index contributed by atoms with van der Waals surface area (Å²) < 4.78 is 66.1. The first kappa shape index (κ1) is 49.3. The maximum absolute atomic E-state index is 14.4. The zero-order valence-electron chi connectivity index (χ0n) is 35.3. The number of nitrogens with one attached hydrogen (secondary N) is 2. The molecule has 64 heavy (non-hydrogen) atoms. The average molecular weight is 903 g/mol. The molecule has 0 aliphatic carbocycles. The molecule has 13 nitrogen and oxygen atoms in total. The van der Waals surface area contributed by atoms with Gasteiger partial charge in [0.15, 0.2) is 0 Å². The number of nitriles is 2. The van der Waals surface area contributed by atoms with E-state index in [2.05, 4.69) is 26.1 Å². The molecular formula is C47H44F2N8O5S2. The van der Waals surface area contributed by atoms with Crippen LogP contribution < -0.4 is 15.2 Å². The highest BCUT2D eigenvalue weighted by Crippen LogP contribution is 2.38. The third-order valence-electron chi connectivity index (χ3n) is 8.95. The molecule has 0 aliphatic heterocycles. The van der Waals surface area contributed by atoms with Gasteiger partial charge in [0.2, 0.25) is 16.1 Å². The lowest BCUT2D eigenvalue weighted by molar-refractivity contribution is 0.256. The molecule has 1 unspecified atom stereocenters. The van der Waals surface area contributed by atoms with Crippen molar-refractivity contribution in [1.82, 2.24) is 14.7 Å². The van der Waals surface area contributed by atoms with E-state index in [1.807, 2.05) is 74.9 Å². The highest BCUT2D eigenvalue weighted by Gasteiger charge is 2.21. The molecule has 4 aromatic carbocycles. The summed E-state index contributed by atoms with van der Waals surface area (Å²) in [5, 5.41) is 25.9. The number of amides is 2. The molecule has 0 bridgehead atoms. The Morgan fingerprint density at radius 3 is 1.67 bits per heavy atom. The van der Waals surface area contributed by atoms with E-state index in [-0.39, 0.29) is 34.7 Å². The van der Waals surface area contributed by atoms with Crippen molar-refractivity contribution in [1.29, 1.82) is 10.5 Å². The number of nitrogens with zero attached hydrogens (tertiary/aromatic N) is 5. The molecule has 4 N–H and O–H groups in total. The van der Waals surface area contributed by atoms with Gasteiger partial charge in [-0.2, -0.15) is 15.5 Å². The quantitative estimate of drug-likeness (QED) is 0.0640. The number of sulfonamides is 1. The Balaban J connectivity index is 0.000000239. The third kappa shape index (κ3) is 14.9. The minimum absolute atomic E-state index is 0.0103. The smallest absolute Gasteiger partial charge is 0.306 e. The highest BCUT2D eigenvalue weighted by atomic mass is 32.2. The Morgan fingerprint density at radius 1 is 0.734 bits per heavy atom. The fourth-order valence-corrected chi connectivity index (χ4v) is 7.98. The van der Waals surface area contributed by atoms with E-state index in [1.54, 1.807) is 42.5 Å². The van der Waals surface area contributed by atoms with Crippen LogP contribution >= 0.6 is 0 Å². The van der Waals surface area contributed by atoms with Gasteiger partial charge in [0, 0.05) is 33.2 Å².